The molecule has 0 aromatic heterocycles. The van der Waals surface area contributed by atoms with Gasteiger partial charge in [0.15, 0.2) is 11.2 Å². The van der Waals surface area contributed by atoms with Gasteiger partial charge in [-0.3, -0.25) is 9.59 Å². The van der Waals surface area contributed by atoms with Crippen molar-refractivity contribution in [1.82, 2.24) is 0 Å². The minimum Gasteiger partial charge on any atom is -0.790 e. The Bertz CT molecular complexity index is 1170. The number of hydrogen-bond acceptors (Lipinski definition) is 9. The number of unbranched alkanes of at least 4 members (excludes halogenated alkanes) is 8. The Morgan fingerprint density at radius 2 is 1.26 bits per heavy atom. The number of phosphoric acid groups is 1. The average molecular weight is 655 g/mol. The van der Waals surface area contributed by atoms with Crippen LogP contribution in [0.4, 0.5) is 0 Å². The van der Waals surface area contributed by atoms with Crippen molar-refractivity contribution >= 4 is 37.5 Å². The first-order valence-electron chi connectivity index (χ1n) is 12.7. The molecule has 0 aliphatic carbocycles. The minimum atomic E-state index is -5.30. The number of rotatable bonds is 16. The molecule has 0 aliphatic heterocycles. The fourth-order valence-corrected chi connectivity index (χ4v) is 3.00. The molecular formula is C29H53Na2O9PS. The molecule has 0 spiro atoms. The SMILES string of the molecule is CC#CC#CC#CC#CC#CC(=O)OC[C@@H](COP(=O)([O-])[O-])OC(=O)CCCCCCCCCCC.CC(=O)S.[HH].[HH].[HH].[HH].[HH].[HH].[HH].[HH].[HH].[Na+].[Na+]. The van der Waals surface area contributed by atoms with E-state index in [-0.39, 0.29) is 83.5 Å². The number of esters is 2. The van der Waals surface area contributed by atoms with E-state index in [0.717, 1.165) is 19.3 Å². The average Bonchev–Trinajstić information content (AvgIpc) is 2.87. The number of carbonyl (C=O) groups is 3. The van der Waals surface area contributed by atoms with Crippen LogP contribution < -0.4 is 68.9 Å². The van der Waals surface area contributed by atoms with Crippen LogP contribution in [0.15, 0.2) is 0 Å². The molecule has 0 unspecified atom stereocenters. The van der Waals surface area contributed by atoms with Gasteiger partial charge in [-0.1, -0.05) is 64.2 Å². The van der Waals surface area contributed by atoms with E-state index >= 15 is 0 Å². The molecular weight excluding hydrogens is 601 g/mol. The second-order valence-electron chi connectivity index (χ2n) is 7.93. The summed E-state index contributed by atoms with van der Waals surface area (Å²) < 4.78 is 24.9. The number of thiol groups is 1. The zero-order chi connectivity index (χ0) is 30.5. The van der Waals surface area contributed by atoms with Crippen molar-refractivity contribution < 1.29 is 115 Å². The van der Waals surface area contributed by atoms with E-state index in [0.29, 0.717) is 6.42 Å². The van der Waals surface area contributed by atoms with Gasteiger partial charge >= 0.3 is 71.1 Å². The van der Waals surface area contributed by atoms with E-state index in [2.05, 4.69) is 83.3 Å². The molecule has 0 amide bonds. The van der Waals surface area contributed by atoms with Crippen LogP contribution in [0.3, 0.4) is 0 Å². The summed E-state index contributed by atoms with van der Waals surface area (Å²) in [5.41, 5.74) is 0. The summed E-state index contributed by atoms with van der Waals surface area (Å²) in [5, 5.41) is -0.139. The molecule has 1 atom stereocenters. The maximum absolute atomic E-state index is 12.1. The second-order valence-corrected chi connectivity index (χ2v) is 9.71. The fourth-order valence-electron chi connectivity index (χ4n) is 2.65. The number of hydrogen-bond donors (Lipinski definition) is 1. The summed E-state index contributed by atoms with van der Waals surface area (Å²) in [4.78, 5) is 54.6. The standard InChI is InChI=1S/C27H33O8P.C2H4OS.2Na.9H2/c1-3-5-7-9-11-13-15-17-19-21-26(28)33-23-25(24-34-36(30,31)32)35-27(29)22-20-18-16-14-12-10-8-6-4-2;1-2(3)4;;;;;;;;;;;/h25H,4,6,8,10,12,14,16,18,20,22-24H2,1-2H3,(H2,30,31,32);1H3,(H,3,4);;;9*1H/q;;2*+1;;;;;;;;;/p-2/t25-;;;;;;;;;;;;/m0............/s1. The van der Waals surface area contributed by atoms with E-state index in [4.69, 9.17) is 9.47 Å². The summed E-state index contributed by atoms with van der Waals surface area (Å²) in [6.45, 7) is 3.89. The molecule has 0 radical (unpaired) electrons. The largest absolute Gasteiger partial charge is 1.00 e. The maximum atomic E-state index is 12.1. The van der Waals surface area contributed by atoms with E-state index in [1.807, 2.05) is 0 Å². The molecule has 0 aromatic rings. The van der Waals surface area contributed by atoms with Crippen LogP contribution in [-0.2, 0) is 32.9 Å². The Morgan fingerprint density at radius 3 is 1.74 bits per heavy atom. The molecule has 0 bridgehead atoms. The van der Waals surface area contributed by atoms with Gasteiger partial charge in [-0.2, -0.15) is 0 Å². The van der Waals surface area contributed by atoms with Crippen LogP contribution in [0.2, 0.25) is 0 Å². The zero-order valence-electron chi connectivity index (χ0n) is 25.1. The molecule has 0 saturated carbocycles. The first kappa shape index (κ1) is 47.8. The van der Waals surface area contributed by atoms with Crippen molar-refractivity contribution in [2.24, 2.45) is 0 Å². The van der Waals surface area contributed by atoms with Gasteiger partial charge in [0.1, 0.15) is 6.61 Å². The van der Waals surface area contributed by atoms with Crippen molar-refractivity contribution in [3.8, 4) is 59.2 Å². The Hall–Kier alpha value is -1.13. The third-order valence-corrected chi connectivity index (χ3v) is 4.79. The quantitative estimate of drug-likeness (QED) is 0.0419. The van der Waals surface area contributed by atoms with Crippen molar-refractivity contribution in [2.45, 2.75) is 91.1 Å². The molecule has 0 aliphatic rings. The van der Waals surface area contributed by atoms with Crippen molar-refractivity contribution in [2.75, 3.05) is 13.2 Å². The molecule has 9 nitrogen and oxygen atoms in total. The third-order valence-electron chi connectivity index (χ3n) is 4.33. The Labute approximate surface area is 313 Å². The van der Waals surface area contributed by atoms with Gasteiger partial charge in [-0.25, -0.2) is 4.79 Å². The van der Waals surface area contributed by atoms with Gasteiger partial charge in [0.05, 0.1) is 14.4 Å². The minimum absolute atomic E-state index is 0. The predicted octanol–water partition coefficient (Wildman–Crippen LogP) is -1.07. The molecule has 0 fully saturated rings. The maximum Gasteiger partial charge on any atom is 1.00 e. The molecule has 0 aromatic carbocycles. The van der Waals surface area contributed by atoms with E-state index in [1.54, 1.807) is 6.92 Å². The smallest absolute Gasteiger partial charge is 0.790 e. The molecule has 13 heteroatoms. The van der Waals surface area contributed by atoms with Crippen LogP contribution >= 0.6 is 20.5 Å². The fraction of sp³-hybridized carbons (Fsp3) is 0.552. The number of phosphoric ester groups is 1. The van der Waals surface area contributed by atoms with Crippen molar-refractivity contribution in [3.05, 3.63) is 0 Å². The molecule has 42 heavy (non-hydrogen) atoms. The third kappa shape index (κ3) is 43.3. The van der Waals surface area contributed by atoms with Crippen molar-refractivity contribution in [3.63, 3.8) is 0 Å². The summed E-state index contributed by atoms with van der Waals surface area (Å²) in [6.07, 6.45) is 8.50. The van der Waals surface area contributed by atoms with Crippen LogP contribution in [0.5, 0.6) is 0 Å². The van der Waals surface area contributed by atoms with Gasteiger partial charge in [0, 0.05) is 32.1 Å². The van der Waals surface area contributed by atoms with Gasteiger partial charge in [-0.05, 0) is 60.7 Å². The summed E-state index contributed by atoms with van der Waals surface area (Å²) in [5.74, 6) is 22.1. The first-order chi connectivity index (χ1) is 19.0. The van der Waals surface area contributed by atoms with E-state index in [9.17, 15) is 28.7 Å². The molecule has 236 valence electrons. The first-order valence-corrected chi connectivity index (χ1v) is 14.6. The normalized spacial score (nSPS) is 9.38. The Balaban J connectivity index is -0.0000000828. The van der Waals surface area contributed by atoms with Gasteiger partial charge in [-0.15, -0.1) is 12.6 Å². The van der Waals surface area contributed by atoms with E-state index < -0.39 is 39.1 Å². The Morgan fingerprint density at radius 1 is 0.810 bits per heavy atom. The second kappa shape index (κ2) is 34.4. The summed E-state index contributed by atoms with van der Waals surface area (Å²) in [6, 6.07) is 0. The number of ether oxygens (including phenoxy) is 2. The van der Waals surface area contributed by atoms with Crippen LogP contribution in [0.1, 0.15) is 97.8 Å². The predicted molar refractivity (Wildman–Crippen MR) is 169 cm³/mol. The topological polar surface area (TPSA) is 142 Å². The van der Waals surface area contributed by atoms with Gasteiger partial charge in [0.25, 0.3) is 0 Å². The zero-order valence-corrected chi connectivity index (χ0v) is 30.9. The summed E-state index contributed by atoms with van der Waals surface area (Å²) in [7, 11) is -5.30. The molecule has 0 heterocycles. The van der Waals surface area contributed by atoms with Gasteiger partial charge in [0.2, 0.25) is 0 Å². The van der Waals surface area contributed by atoms with Gasteiger partial charge < -0.3 is 28.3 Å². The monoisotopic (exact) mass is 654 g/mol. The molecule has 0 N–H and O–H groups in total. The van der Waals surface area contributed by atoms with Crippen molar-refractivity contribution in [1.29, 1.82) is 0 Å². The summed E-state index contributed by atoms with van der Waals surface area (Å²) >= 11 is 3.33. The van der Waals surface area contributed by atoms with Crippen LogP contribution in [-0.4, -0.2) is 36.4 Å². The molecule has 0 rings (SSSR count). The van der Waals surface area contributed by atoms with Crippen LogP contribution in [0, 0.1) is 59.2 Å². The molecule has 0 saturated heterocycles. The Kier molecular flexibility index (Phi) is 39.1. The number of carbonyl (C=O) groups excluding carboxylic acids is 3. The van der Waals surface area contributed by atoms with Crippen LogP contribution in [0.25, 0.3) is 0 Å². The van der Waals surface area contributed by atoms with E-state index in [1.165, 1.54) is 39.0 Å².